The maximum Gasteiger partial charge on any atom is 0.128 e. The van der Waals surface area contributed by atoms with E-state index in [1.54, 1.807) is 0 Å². The zero-order valence-electron chi connectivity index (χ0n) is 12.5. The summed E-state index contributed by atoms with van der Waals surface area (Å²) in [4.78, 5) is 4.51. The van der Waals surface area contributed by atoms with E-state index >= 15 is 0 Å². The molecule has 0 saturated heterocycles. The summed E-state index contributed by atoms with van der Waals surface area (Å²) in [5.41, 5.74) is 3.00. The minimum atomic E-state index is 0.536. The van der Waals surface area contributed by atoms with Crippen molar-refractivity contribution in [1.29, 1.82) is 0 Å². The van der Waals surface area contributed by atoms with Crippen molar-refractivity contribution in [3.8, 4) is 5.75 Å². The molecule has 0 heterocycles. The largest absolute Gasteiger partial charge is 0.488 e. The molecule has 3 rings (SSSR count). The van der Waals surface area contributed by atoms with E-state index in [0.29, 0.717) is 6.61 Å². The summed E-state index contributed by atoms with van der Waals surface area (Å²) < 4.78 is 6.95. The van der Waals surface area contributed by atoms with E-state index < -0.39 is 0 Å². The van der Waals surface area contributed by atoms with Crippen molar-refractivity contribution >= 4 is 27.8 Å². The van der Waals surface area contributed by atoms with Crippen LogP contribution >= 0.6 is 15.9 Å². The summed E-state index contributed by atoms with van der Waals surface area (Å²) in [5.74, 6) is 0.816. The Labute approximate surface area is 144 Å². The predicted molar refractivity (Wildman–Crippen MR) is 98.6 cm³/mol. The fourth-order valence-electron chi connectivity index (χ4n) is 2.15. The number of hydrogen-bond donors (Lipinski definition) is 0. The number of aliphatic imine (C=N–C) groups is 1. The van der Waals surface area contributed by atoms with Crippen molar-refractivity contribution < 1.29 is 4.74 Å². The molecule has 0 aromatic heterocycles. The molecule has 0 aliphatic heterocycles. The van der Waals surface area contributed by atoms with Crippen LogP contribution in [0.15, 0.2) is 88.3 Å². The second-order valence-electron chi connectivity index (χ2n) is 5.05. The molecule has 0 saturated carbocycles. The maximum absolute atomic E-state index is 5.95. The summed E-state index contributed by atoms with van der Waals surface area (Å²) in [7, 11) is 0. The van der Waals surface area contributed by atoms with Gasteiger partial charge in [-0.3, -0.25) is 4.99 Å². The molecule has 23 heavy (non-hydrogen) atoms. The highest BCUT2D eigenvalue weighted by atomic mass is 79.9. The number of para-hydroxylation sites is 1. The van der Waals surface area contributed by atoms with E-state index in [0.717, 1.165) is 27.0 Å². The predicted octanol–water partition coefficient (Wildman–Crippen LogP) is 5.78. The van der Waals surface area contributed by atoms with Crippen LogP contribution in [0.2, 0.25) is 0 Å². The van der Waals surface area contributed by atoms with Gasteiger partial charge in [-0.2, -0.15) is 0 Å². The highest BCUT2D eigenvalue weighted by molar-refractivity contribution is 9.10. The van der Waals surface area contributed by atoms with Gasteiger partial charge in [-0.1, -0.05) is 64.5 Å². The molecule has 0 amide bonds. The first-order valence-corrected chi connectivity index (χ1v) is 8.16. The highest BCUT2D eigenvalue weighted by Crippen LogP contribution is 2.23. The van der Waals surface area contributed by atoms with Gasteiger partial charge >= 0.3 is 0 Å². The molecular weight excluding hydrogens is 350 g/mol. The summed E-state index contributed by atoms with van der Waals surface area (Å²) in [6, 6.07) is 25.9. The number of hydrogen-bond acceptors (Lipinski definition) is 2. The van der Waals surface area contributed by atoms with Gasteiger partial charge in [-0.25, -0.2) is 0 Å². The lowest BCUT2D eigenvalue weighted by molar-refractivity contribution is 0.306. The van der Waals surface area contributed by atoms with Gasteiger partial charge in [0.2, 0.25) is 0 Å². The average molecular weight is 366 g/mol. The smallest absolute Gasteiger partial charge is 0.128 e. The molecule has 0 unspecified atom stereocenters. The summed E-state index contributed by atoms with van der Waals surface area (Å²) in [6.07, 6.45) is 1.83. The van der Waals surface area contributed by atoms with Crippen LogP contribution in [0.4, 0.5) is 5.69 Å². The van der Waals surface area contributed by atoms with E-state index in [1.165, 1.54) is 0 Å². The van der Waals surface area contributed by atoms with Crippen molar-refractivity contribution in [2.45, 2.75) is 6.61 Å². The van der Waals surface area contributed by atoms with E-state index in [1.807, 2.05) is 72.9 Å². The standard InChI is InChI=1S/C20H16BrNO/c21-18-11-12-20(23-15-16-7-3-1-4-8-16)17(13-18)14-22-19-9-5-2-6-10-19/h1-14H,15H2. The first-order chi connectivity index (χ1) is 11.3. The van der Waals surface area contributed by atoms with Gasteiger partial charge < -0.3 is 4.74 Å². The first kappa shape index (κ1) is 15.5. The van der Waals surface area contributed by atoms with Crippen LogP contribution < -0.4 is 4.74 Å². The Hall–Kier alpha value is -2.39. The van der Waals surface area contributed by atoms with Gasteiger partial charge in [0.05, 0.1) is 5.69 Å². The van der Waals surface area contributed by atoms with E-state index in [9.17, 15) is 0 Å². The van der Waals surface area contributed by atoms with Crippen molar-refractivity contribution in [3.05, 3.63) is 94.5 Å². The zero-order chi connectivity index (χ0) is 15.9. The van der Waals surface area contributed by atoms with Gasteiger partial charge in [0.15, 0.2) is 0 Å². The minimum Gasteiger partial charge on any atom is -0.488 e. The Morgan fingerprint density at radius 1 is 0.870 bits per heavy atom. The molecule has 3 aromatic rings. The van der Waals surface area contributed by atoms with Crippen molar-refractivity contribution in [2.75, 3.05) is 0 Å². The van der Waals surface area contributed by atoms with Crippen LogP contribution in [0, 0.1) is 0 Å². The second-order valence-corrected chi connectivity index (χ2v) is 5.97. The van der Waals surface area contributed by atoms with Crippen molar-refractivity contribution in [3.63, 3.8) is 0 Å². The molecule has 3 heteroatoms. The molecule has 3 aromatic carbocycles. The quantitative estimate of drug-likeness (QED) is 0.525. The number of benzene rings is 3. The van der Waals surface area contributed by atoms with E-state index in [-0.39, 0.29) is 0 Å². The average Bonchev–Trinajstić information content (AvgIpc) is 2.61. The number of nitrogens with zero attached hydrogens (tertiary/aromatic N) is 1. The van der Waals surface area contributed by atoms with E-state index in [4.69, 9.17) is 4.74 Å². The first-order valence-electron chi connectivity index (χ1n) is 7.37. The lowest BCUT2D eigenvalue weighted by atomic mass is 10.2. The molecule has 2 nitrogen and oxygen atoms in total. The third kappa shape index (κ3) is 4.54. The molecule has 0 N–H and O–H groups in total. The number of ether oxygens (including phenoxy) is 1. The van der Waals surface area contributed by atoms with Crippen LogP contribution in [0.1, 0.15) is 11.1 Å². The molecule has 0 bridgehead atoms. The Morgan fingerprint density at radius 3 is 2.30 bits per heavy atom. The number of halogens is 1. The van der Waals surface area contributed by atoms with Gasteiger partial charge in [0.25, 0.3) is 0 Å². The normalized spacial score (nSPS) is 10.8. The summed E-state index contributed by atoms with van der Waals surface area (Å²) in [6.45, 7) is 0.536. The molecule has 0 radical (unpaired) electrons. The van der Waals surface area contributed by atoms with Crippen LogP contribution in [-0.2, 0) is 6.61 Å². The van der Waals surface area contributed by atoms with Crippen LogP contribution in [0.5, 0.6) is 5.75 Å². The Morgan fingerprint density at radius 2 is 1.57 bits per heavy atom. The lowest BCUT2D eigenvalue weighted by Gasteiger charge is -2.09. The molecule has 0 spiro atoms. The topological polar surface area (TPSA) is 21.6 Å². The van der Waals surface area contributed by atoms with Crippen molar-refractivity contribution in [2.24, 2.45) is 4.99 Å². The minimum absolute atomic E-state index is 0.536. The molecule has 114 valence electrons. The molecule has 0 aliphatic carbocycles. The summed E-state index contributed by atoms with van der Waals surface area (Å²) in [5, 5.41) is 0. The number of rotatable bonds is 5. The third-order valence-electron chi connectivity index (χ3n) is 3.32. The van der Waals surface area contributed by atoms with Crippen LogP contribution in [0.25, 0.3) is 0 Å². The van der Waals surface area contributed by atoms with E-state index in [2.05, 4.69) is 33.1 Å². The van der Waals surface area contributed by atoms with Gasteiger partial charge in [-0.05, 0) is 35.9 Å². The Kier molecular flexibility index (Phi) is 5.22. The maximum atomic E-state index is 5.95. The Balaban J connectivity index is 1.79. The fraction of sp³-hybridized carbons (Fsp3) is 0.0500. The van der Waals surface area contributed by atoms with Gasteiger partial charge in [0.1, 0.15) is 12.4 Å². The highest BCUT2D eigenvalue weighted by Gasteiger charge is 2.03. The molecule has 0 atom stereocenters. The molecule has 0 fully saturated rings. The second kappa shape index (κ2) is 7.75. The Bertz CT molecular complexity index is 785. The van der Waals surface area contributed by atoms with Gasteiger partial charge in [-0.15, -0.1) is 0 Å². The lowest BCUT2D eigenvalue weighted by Crippen LogP contribution is -1.98. The fourth-order valence-corrected chi connectivity index (χ4v) is 2.52. The monoisotopic (exact) mass is 365 g/mol. The SMILES string of the molecule is Brc1ccc(OCc2ccccc2)c(C=Nc2ccccc2)c1. The zero-order valence-corrected chi connectivity index (χ0v) is 14.1. The third-order valence-corrected chi connectivity index (χ3v) is 3.81. The molecule has 0 aliphatic rings. The van der Waals surface area contributed by atoms with Crippen LogP contribution in [-0.4, -0.2) is 6.21 Å². The van der Waals surface area contributed by atoms with Gasteiger partial charge in [0, 0.05) is 16.3 Å². The van der Waals surface area contributed by atoms with Crippen LogP contribution in [0.3, 0.4) is 0 Å². The van der Waals surface area contributed by atoms with Crippen molar-refractivity contribution in [1.82, 2.24) is 0 Å². The molecular formula is C20H16BrNO. The summed E-state index contributed by atoms with van der Waals surface area (Å²) >= 11 is 3.50.